The van der Waals surface area contributed by atoms with Gasteiger partial charge in [0.05, 0.1) is 10.8 Å². The van der Waals surface area contributed by atoms with Crippen molar-refractivity contribution in [2.75, 3.05) is 5.32 Å². The van der Waals surface area contributed by atoms with E-state index in [1.165, 1.54) is 11.3 Å². The summed E-state index contributed by atoms with van der Waals surface area (Å²) >= 11 is 2.41. The number of nitrogens with zero attached hydrogens (tertiary/aromatic N) is 3. The van der Waals surface area contributed by atoms with Crippen molar-refractivity contribution < 1.29 is 9.90 Å². The number of unbranched alkanes of at least 4 members (excludes halogenated alkanes) is 1. The monoisotopic (exact) mass is 445 g/mol. The minimum atomic E-state index is -0.560. The molecule has 1 atom stereocenters. The molecule has 0 saturated carbocycles. The summed E-state index contributed by atoms with van der Waals surface area (Å²) in [4.78, 5) is 31.6. The van der Waals surface area contributed by atoms with Crippen LogP contribution >= 0.6 is 23.1 Å². The third-order valence-electron chi connectivity index (χ3n) is 4.29. The number of hydrogen-bond donors (Lipinski definition) is 3. The topological polar surface area (TPSA) is 121 Å². The molecule has 0 unspecified atom stereocenters. The van der Waals surface area contributed by atoms with Gasteiger partial charge >= 0.3 is 0 Å². The lowest BCUT2D eigenvalue weighted by molar-refractivity contribution is -0.115. The van der Waals surface area contributed by atoms with Crippen molar-refractivity contribution in [3.8, 4) is 5.88 Å². The van der Waals surface area contributed by atoms with E-state index in [9.17, 15) is 14.7 Å². The van der Waals surface area contributed by atoms with Gasteiger partial charge in [-0.3, -0.25) is 14.9 Å². The molecule has 0 aliphatic heterocycles. The molecule has 3 aromatic rings. The van der Waals surface area contributed by atoms with Gasteiger partial charge in [0.25, 0.3) is 5.56 Å². The first-order valence-corrected chi connectivity index (χ1v) is 11.3. The molecule has 10 heteroatoms. The van der Waals surface area contributed by atoms with Crippen molar-refractivity contribution in [3.63, 3.8) is 0 Å². The van der Waals surface area contributed by atoms with E-state index in [4.69, 9.17) is 0 Å². The zero-order valence-electron chi connectivity index (χ0n) is 16.7. The fraction of sp³-hybridized carbons (Fsp3) is 0.350. The molecule has 1 amide bonds. The van der Waals surface area contributed by atoms with E-state index in [0.29, 0.717) is 5.13 Å². The molecule has 30 heavy (non-hydrogen) atoms. The smallest absolute Gasteiger partial charge is 0.258 e. The maximum Gasteiger partial charge on any atom is 0.258 e. The number of rotatable bonds is 9. The SMILES string of the molecule is CCCCc1nnc(NC(=O)[C@@H](C)Sc2nc(O)c(Cc3ccccc3)c(=O)[nH]2)s1. The summed E-state index contributed by atoms with van der Waals surface area (Å²) in [5.74, 6) is -0.615. The molecule has 0 aliphatic carbocycles. The number of aromatic amines is 1. The Morgan fingerprint density at radius 1 is 1.30 bits per heavy atom. The third kappa shape index (κ3) is 5.90. The van der Waals surface area contributed by atoms with Crippen molar-refractivity contribution in [1.82, 2.24) is 20.2 Å². The maximum atomic E-state index is 12.4. The summed E-state index contributed by atoms with van der Waals surface area (Å²) in [6.07, 6.45) is 3.20. The molecule has 8 nitrogen and oxygen atoms in total. The first kappa shape index (κ1) is 22.0. The highest BCUT2D eigenvalue weighted by atomic mass is 32.2. The lowest BCUT2D eigenvalue weighted by Gasteiger charge is -2.10. The number of aryl methyl sites for hydroxylation is 1. The molecule has 3 rings (SSSR count). The number of benzene rings is 1. The van der Waals surface area contributed by atoms with Gasteiger partial charge in [-0.25, -0.2) is 0 Å². The first-order valence-electron chi connectivity index (χ1n) is 9.62. The standard InChI is InChI=1S/C20H23N5O3S2/c1-3-4-10-15-24-25-20(30-15)21-16(26)12(2)29-19-22-17(27)14(18(28)23-19)11-13-8-6-5-7-9-13/h5-9,12H,3-4,10-11H2,1-2H3,(H,21,25,26)(H2,22,23,27,28)/t12-/m1/s1. The lowest BCUT2D eigenvalue weighted by Crippen LogP contribution is -2.23. The zero-order valence-corrected chi connectivity index (χ0v) is 18.3. The van der Waals surface area contributed by atoms with Crippen LogP contribution < -0.4 is 10.9 Å². The number of nitrogens with one attached hydrogen (secondary N) is 2. The van der Waals surface area contributed by atoms with E-state index < -0.39 is 10.8 Å². The molecular weight excluding hydrogens is 422 g/mol. The number of amides is 1. The summed E-state index contributed by atoms with van der Waals surface area (Å²) in [7, 11) is 0. The van der Waals surface area contributed by atoms with Gasteiger partial charge in [-0.2, -0.15) is 4.98 Å². The molecule has 3 N–H and O–H groups in total. The van der Waals surface area contributed by atoms with Crippen molar-refractivity contribution in [1.29, 1.82) is 0 Å². The van der Waals surface area contributed by atoms with Crippen LogP contribution in [0.2, 0.25) is 0 Å². The molecule has 158 valence electrons. The average Bonchev–Trinajstić information content (AvgIpc) is 3.17. The fourth-order valence-corrected chi connectivity index (χ4v) is 4.22. The Morgan fingerprint density at radius 3 is 2.77 bits per heavy atom. The molecule has 0 radical (unpaired) electrons. The van der Waals surface area contributed by atoms with E-state index in [2.05, 4.69) is 32.4 Å². The van der Waals surface area contributed by atoms with Crippen LogP contribution in [0.3, 0.4) is 0 Å². The maximum absolute atomic E-state index is 12.4. The second kappa shape index (κ2) is 10.4. The molecule has 0 fully saturated rings. The number of hydrogen-bond acceptors (Lipinski definition) is 8. The Bertz CT molecular complexity index is 1050. The summed E-state index contributed by atoms with van der Waals surface area (Å²) in [5, 5.41) is 22.0. The molecule has 0 spiro atoms. The van der Waals surface area contributed by atoms with Crippen LogP contribution in [0, 0.1) is 0 Å². The number of anilines is 1. The Labute approximate surface area is 182 Å². The molecule has 1 aromatic carbocycles. The highest BCUT2D eigenvalue weighted by Crippen LogP contribution is 2.24. The van der Waals surface area contributed by atoms with Crippen molar-refractivity contribution in [2.45, 2.75) is 49.9 Å². The number of aromatic hydroxyl groups is 1. The number of thioether (sulfide) groups is 1. The second-order valence-corrected chi connectivity index (χ2v) is 9.08. The van der Waals surface area contributed by atoms with E-state index in [1.807, 2.05) is 30.3 Å². The van der Waals surface area contributed by atoms with Crippen LogP contribution in [0.15, 0.2) is 40.3 Å². The fourth-order valence-electron chi connectivity index (χ4n) is 2.64. The molecule has 2 aromatic heterocycles. The van der Waals surface area contributed by atoms with E-state index >= 15 is 0 Å². The van der Waals surface area contributed by atoms with Crippen molar-refractivity contribution in [2.24, 2.45) is 0 Å². The van der Waals surface area contributed by atoms with Crippen LogP contribution in [-0.2, 0) is 17.6 Å². The Morgan fingerprint density at radius 2 is 2.07 bits per heavy atom. The predicted octanol–water partition coefficient (Wildman–Crippen LogP) is 3.38. The Balaban J connectivity index is 1.63. The molecule has 0 bridgehead atoms. The van der Waals surface area contributed by atoms with Crippen molar-refractivity contribution >= 4 is 34.1 Å². The average molecular weight is 446 g/mol. The molecular formula is C20H23N5O3S2. The third-order valence-corrected chi connectivity index (χ3v) is 6.18. The van der Waals surface area contributed by atoms with Crippen LogP contribution in [0.4, 0.5) is 5.13 Å². The first-order chi connectivity index (χ1) is 14.5. The van der Waals surface area contributed by atoms with Gasteiger partial charge in [-0.15, -0.1) is 10.2 Å². The highest BCUT2D eigenvalue weighted by molar-refractivity contribution is 8.00. The summed E-state index contributed by atoms with van der Waals surface area (Å²) in [5.41, 5.74) is 0.658. The van der Waals surface area contributed by atoms with Gasteiger partial charge < -0.3 is 10.1 Å². The normalized spacial score (nSPS) is 11.9. The van der Waals surface area contributed by atoms with E-state index in [1.54, 1.807) is 6.92 Å². The van der Waals surface area contributed by atoms with E-state index in [-0.39, 0.29) is 28.9 Å². The zero-order chi connectivity index (χ0) is 21.5. The van der Waals surface area contributed by atoms with E-state index in [0.717, 1.165) is 41.6 Å². The largest absolute Gasteiger partial charge is 0.493 e. The second-order valence-electron chi connectivity index (χ2n) is 6.69. The molecule has 0 saturated heterocycles. The van der Waals surface area contributed by atoms with Gasteiger partial charge in [0, 0.05) is 12.8 Å². The van der Waals surface area contributed by atoms with Crippen LogP contribution in [0.1, 0.15) is 42.8 Å². The summed E-state index contributed by atoms with van der Waals surface area (Å²) in [6.45, 7) is 3.79. The summed E-state index contributed by atoms with van der Waals surface area (Å²) < 4.78 is 0. The van der Waals surface area contributed by atoms with Gasteiger partial charge in [0.15, 0.2) is 5.16 Å². The minimum absolute atomic E-state index is 0.179. The number of carbonyl (C=O) groups is 1. The predicted molar refractivity (Wildman–Crippen MR) is 118 cm³/mol. The van der Waals surface area contributed by atoms with Gasteiger partial charge in [0.1, 0.15) is 5.01 Å². The quantitative estimate of drug-likeness (QED) is 0.341. The van der Waals surface area contributed by atoms with Gasteiger partial charge in [-0.1, -0.05) is 66.8 Å². The van der Waals surface area contributed by atoms with Crippen LogP contribution in [-0.4, -0.2) is 36.4 Å². The van der Waals surface area contributed by atoms with Gasteiger partial charge in [0.2, 0.25) is 16.9 Å². The minimum Gasteiger partial charge on any atom is -0.493 e. The van der Waals surface area contributed by atoms with Crippen molar-refractivity contribution in [3.05, 3.63) is 56.8 Å². The summed E-state index contributed by atoms with van der Waals surface area (Å²) in [6, 6.07) is 9.35. The molecule has 2 heterocycles. The Kier molecular flexibility index (Phi) is 7.58. The molecule has 0 aliphatic rings. The number of aromatic nitrogens is 4. The van der Waals surface area contributed by atoms with Crippen LogP contribution in [0.25, 0.3) is 0 Å². The highest BCUT2D eigenvalue weighted by Gasteiger charge is 2.19. The number of carbonyl (C=O) groups excluding carboxylic acids is 1. The number of H-pyrrole nitrogens is 1. The lowest BCUT2D eigenvalue weighted by atomic mass is 10.1. The Hall–Kier alpha value is -2.72. The van der Waals surface area contributed by atoms with Gasteiger partial charge in [-0.05, 0) is 18.9 Å². The van der Waals surface area contributed by atoms with Crippen LogP contribution in [0.5, 0.6) is 5.88 Å².